The number of hydrogen-bond acceptors (Lipinski definition) is 6. The molecule has 4 aromatic carbocycles. The van der Waals surface area contributed by atoms with E-state index >= 15 is 0 Å². The molecule has 0 aliphatic carbocycles. The summed E-state index contributed by atoms with van der Waals surface area (Å²) in [7, 11) is 4.95. The summed E-state index contributed by atoms with van der Waals surface area (Å²) >= 11 is 0. The second kappa shape index (κ2) is 13.3. The lowest BCUT2D eigenvalue weighted by molar-refractivity contribution is 0.394. The smallest absolute Gasteiger partial charge is 0.123 e. The molecule has 0 aliphatic rings. The first-order valence-electron chi connectivity index (χ1n) is 11.4. The summed E-state index contributed by atoms with van der Waals surface area (Å²) in [4.78, 5) is 0. The number of hydrogen-bond donors (Lipinski definition) is 3. The largest absolute Gasteiger partial charge is 0.508 e. The van der Waals surface area contributed by atoms with Crippen molar-refractivity contribution in [3.8, 4) is 34.5 Å². The van der Waals surface area contributed by atoms with Crippen LogP contribution in [-0.2, 0) is 0 Å². The number of aromatic hydroxyl groups is 3. The summed E-state index contributed by atoms with van der Waals surface area (Å²) < 4.78 is 15.6. The normalized spacial score (nSPS) is 10.7. The minimum atomic E-state index is 0.0235. The Balaban J connectivity index is 0.000000208. The Morgan fingerprint density at radius 2 is 0.811 bits per heavy atom. The molecule has 37 heavy (non-hydrogen) atoms. The topological polar surface area (TPSA) is 88.4 Å². The molecule has 6 nitrogen and oxygen atoms in total. The molecule has 0 aromatic heterocycles. The van der Waals surface area contributed by atoms with Crippen molar-refractivity contribution >= 4 is 24.3 Å². The summed E-state index contributed by atoms with van der Waals surface area (Å²) in [5.41, 5.74) is 3.76. The van der Waals surface area contributed by atoms with Gasteiger partial charge in [-0.25, -0.2) is 0 Å². The van der Waals surface area contributed by atoms with Crippen molar-refractivity contribution in [2.75, 3.05) is 21.3 Å². The van der Waals surface area contributed by atoms with E-state index in [0.717, 1.165) is 33.9 Å². The van der Waals surface area contributed by atoms with Crippen LogP contribution in [0.4, 0.5) is 0 Å². The van der Waals surface area contributed by atoms with E-state index in [-0.39, 0.29) is 17.2 Å². The maximum Gasteiger partial charge on any atom is 0.123 e. The van der Waals surface area contributed by atoms with Crippen molar-refractivity contribution in [1.82, 2.24) is 0 Å². The van der Waals surface area contributed by atoms with Gasteiger partial charge in [-0.1, -0.05) is 48.6 Å². The first-order chi connectivity index (χ1) is 17.9. The third kappa shape index (κ3) is 8.71. The zero-order chi connectivity index (χ0) is 26.6. The van der Waals surface area contributed by atoms with Crippen molar-refractivity contribution in [1.29, 1.82) is 0 Å². The average Bonchev–Trinajstić information content (AvgIpc) is 2.91. The Morgan fingerprint density at radius 1 is 0.405 bits per heavy atom. The fourth-order valence-electron chi connectivity index (χ4n) is 3.33. The van der Waals surface area contributed by atoms with Crippen molar-refractivity contribution in [2.24, 2.45) is 0 Å². The maximum absolute atomic E-state index is 9.30. The van der Waals surface area contributed by atoms with Gasteiger partial charge in [0.25, 0.3) is 0 Å². The molecule has 0 heterocycles. The van der Waals surface area contributed by atoms with Crippen LogP contribution in [0.15, 0.2) is 84.9 Å². The summed E-state index contributed by atoms with van der Waals surface area (Å²) in [5, 5.41) is 27.7. The molecule has 0 spiro atoms. The predicted molar refractivity (Wildman–Crippen MR) is 148 cm³/mol. The number of phenolic OH excluding ortho intramolecular Hbond substituents is 3. The third-order valence-electron chi connectivity index (χ3n) is 5.24. The second-order valence-electron chi connectivity index (χ2n) is 7.96. The van der Waals surface area contributed by atoms with Gasteiger partial charge in [0.15, 0.2) is 0 Å². The van der Waals surface area contributed by atoms with Gasteiger partial charge in [-0.2, -0.15) is 0 Å². The zero-order valence-electron chi connectivity index (χ0n) is 21.0. The van der Waals surface area contributed by atoms with Gasteiger partial charge in [-0.3, -0.25) is 0 Å². The number of methoxy groups -OCH3 is 3. The fraction of sp³-hybridized carbons (Fsp3) is 0.0968. The van der Waals surface area contributed by atoms with Crippen LogP contribution in [0.25, 0.3) is 24.3 Å². The van der Waals surface area contributed by atoms with Gasteiger partial charge >= 0.3 is 0 Å². The Morgan fingerprint density at radius 3 is 1.27 bits per heavy atom. The lowest BCUT2D eigenvalue weighted by Gasteiger charge is -2.05. The van der Waals surface area contributed by atoms with Crippen LogP contribution in [0.5, 0.6) is 34.5 Å². The first-order valence-corrected chi connectivity index (χ1v) is 11.4. The van der Waals surface area contributed by atoms with Crippen LogP contribution in [0.1, 0.15) is 22.3 Å². The minimum absolute atomic E-state index is 0.0235. The Kier molecular flexibility index (Phi) is 9.62. The zero-order valence-corrected chi connectivity index (χ0v) is 21.0. The van der Waals surface area contributed by atoms with Crippen molar-refractivity contribution in [2.45, 2.75) is 0 Å². The van der Waals surface area contributed by atoms with E-state index in [2.05, 4.69) is 0 Å². The molecule has 0 saturated heterocycles. The van der Waals surface area contributed by atoms with E-state index in [1.54, 1.807) is 63.8 Å². The highest BCUT2D eigenvalue weighted by Crippen LogP contribution is 2.24. The van der Waals surface area contributed by atoms with Gasteiger partial charge in [0.05, 0.1) is 21.3 Å². The molecule has 0 amide bonds. The standard InChI is InChI=1S/C17H18O3.C14H12O3/c1-18-15-8-6-13(7-9-15)4-5-14-10-16(19-2)12-17(11-14)20-3;15-12-5-3-10(4-6-12)1-2-11-7-13(16)9-14(17)8-11/h4-12H,1-3H3;1-9,15-17H/b5-4+;2-1+. The highest BCUT2D eigenvalue weighted by atomic mass is 16.5. The van der Waals surface area contributed by atoms with Crippen molar-refractivity contribution in [3.63, 3.8) is 0 Å². The average molecular weight is 499 g/mol. The molecule has 190 valence electrons. The van der Waals surface area contributed by atoms with E-state index < -0.39 is 0 Å². The monoisotopic (exact) mass is 498 g/mol. The summed E-state index contributed by atoms with van der Waals surface area (Å²) in [6.45, 7) is 0. The van der Waals surface area contributed by atoms with E-state index in [4.69, 9.17) is 19.3 Å². The van der Waals surface area contributed by atoms with Crippen molar-refractivity contribution < 1.29 is 29.5 Å². The molecule has 0 saturated carbocycles. The minimum Gasteiger partial charge on any atom is -0.508 e. The number of benzene rings is 4. The van der Waals surface area contributed by atoms with Gasteiger partial charge in [-0.15, -0.1) is 0 Å². The predicted octanol–water partition coefficient (Wildman–Crippen LogP) is 6.86. The molecule has 4 rings (SSSR count). The molecule has 6 heteroatoms. The molecule has 0 unspecified atom stereocenters. The fourth-order valence-corrected chi connectivity index (χ4v) is 3.33. The molecule has 3 N–H and O–H groups in total. The lowest BCUT2D eigenvalue weighted by Crippen LogP contribution is -1.88. The number of ether oxygens (including phenoxy) is 3. The molecule has 0 atom stereocenters. The van der Waals surface area contributed by atoms with E-state index in [0.29, 0.717) is 5.56 Å². The van der Waals surface area contributed by atoms with Gasteiger partial charge in [0, 0.05) is 12.1 Å². The molecular formula is C31H30O6. The molecule has 0 fully saturated rings. The molecule has 0 radical (unpaired) electrons. The van der Waals surface area contributed by atoms with Gasteiger partial charge < -0.3 is 29.5 Å². The lowest BCUT2D eigenvalue weighted by atomic mass is 10.1. The maximum atomic E-state index is 9.30. The second-order valence-corrected chi connectivity index (χ2v) is 7.96. The van der Waals surface area contributed by atoms with Crippen molar-refractivity contribution in [3.05, 3.63) is 107 Å². The molecular weight excluding hydrogens is 468 g/mol. The number of phenols is 3. The highest BCUT2D eigenvalue weighted by Gasteiger charge is 2.00. The van der Waals surface area contributed by atoms with Gasteiger partial charge in [0.2, 0.25) is 0 Å². The van der Waals surface area contributed by atoms with Crippen LogP contribution < -0.4 is 14.2 Å². The molecule has 0 aliphatic heterocycles. The molecule has 4 aromatic rings. The Bertz CT molecular complexity index is 1300. The first kappa shape index (κ1) is 26.8. The quantitative estimate of drug-likeness (QED) is 0.241. The summed E-state index contributed by atoms with van der Waals surface area (Å²) in [5.74, 6) is 2.67. The van der Waals surface area contributed by atoms with Crippen LogP contribution in [0.3, 0.4) is 0 Å². The van der Waals surface area contributed by atoms with Crippen LogP contribution in [0.2, 0.25) is 0 Å². The highest BCUT2D eigenvalue weighted by molar-refractivity contribution is 5.72. The van der Waals surface area contributed by atoms with Crippen LogP contribution in [0, 0.1) is 0 Å². The number of rotatable bonds is 7. The van der Waals surface area contributed by atoms with Gasteiger partial charge in [-0.05, 0) is 70.8 Å². The Hall–Kier alpha value is -4.84. The van der Waals surface area contributed by atoms with Crippen LogP contribution >= 0.6 is 0 Å². The van der Waals surface area contributed by atoms with Gasteiger partial charge in [0.1, 0.15) is 34.5 Å². The summed E-state index contributed by atoms with van der Waals surface area (Å²) in [6, 6.07) is 24.8. The SMILES string of the molecule is COc1ccc(/C=C/c2cc(OC)cc(OC)c2)cc1.Oc1ccc(/C=C/c2cc(O)cc(O)c2)cc1. The molecule has 0 bridgehead atoms. The summed E-state index contributed by atoms with van der Waals surface area (Å²) in [6.07, 6.45) is 7.65. The van der Waals surface area contributed by atoms with E-state index in [9.17, 15) is 10.2 Å². The van der Waals surface area contributed by atoms with E-state index in [1.165, 1.54) is 6.07 Å². The Labute approximate surface area is 217 Å². The van der Waals surface area contributed by atoms with Crippen LogP contribution in [-0.4, -0.2) is 36.6 Å². The third-order valence-corrected chi connectivity index (χ3v) is 5.24. The van der Waals surface area contributed by atoms with E-state index in [1.807, 2.05) is 60.7 Å².